The van der Waals surface area contributed by atoms with Crippen molar-refractivity contribution in [1.82, 2.24) is 9.97 Å². The van der Waals surface area contributed by atoms with Gasteiger partial charge in [0.25, 0.3) is 0 Å². The van der Waals surface area contributed by atoms with Crippen molar-refractivity contribution in [1.29, 1.82) is 5.26 Å². The summed E-state index contributed by atoms with van der Waals surface area (Å²) in [6.45, 7) is 4.89. The van der Waals surface area contributed by atoms with Crippen LogP contribution in [0.15, 0.2) is 84.9 Å². The largest absolute Gasteiger partial charge is 0.228 e. The van der Waals surface area contributed by atoms with Gasteiger partial charge in [-0.3, -0.25) is 0 Å². The molecule has 0 spiro atoms. The van der Waals surface area contributed by atoms with Gasteiger partial charge in [-0.25, -0.2) is 9.97 Å². The molecule has 0 saturated heterocycles. The third-order valence-electron chi connectivity index (χ3n) is 8.49. The Morgan fingerprint density at radius 3 is 1.86 bits per heavy atom. The van der Waals surface area contributed by atoms with Crippen LogP contribution in [0, 0.1) is 29.1 Å². The number of rotatable bonds is 4. The number of nitrogens with zero attached hydrogens (tertiary/aromatic N) is 3. The van der Waals surface area contributed by atoms with Gasteiger partial charge >= 0.3 is 0 Å². The van der Waals surface area contributed by atoms with Crippen LogP contribution in [0.3, 0.4) is 0 Å². The highest BCUT2D eigenvalue weighted by atomic mass is 14.9. The van der Waals surface area contributed by atoms with Crippen molar-refractivity contribution in [2.24, 2.45) is 17.8 Å². The molecule has 6 rings (SSSR count). The van der Waals surface area contributed by atoms with Crippen molar-refractivity contribution in [2.75, 3.05) is 0 Å². The molecule has 0 N–H and O–H groups in total. The molecule has 3 aromatic carbocycles. The van der Waals surface area contributed by atoms with Crippen LogP contribution in [-0.4, -0.2) is 9.97 Å². The van der Waals surface area contributed by atoms with Gasteiger partial charge in [-0.1, -0.05) is 68.4 Å². The van der Waals surface area contributed by atoms with Crippen LogP contribution in [0.4, 0.5) is 0 Å². The first kappa shape index (κ1) is 23.6. The predicted molar refractivity (Wildman–Crippen MR) is 150 cm³/mol. The van der Waals surface area contributed by atoms with Gasteiger partial charge in [-0.05, 0) is 91.2 Å². The van der Waals surface area contributed by atoms with E-state index in [1.807, 2.05) is 42.5 Å². The molecule has 2 fully saturated rings. The molecule has 0 radical (unpaired) electrons. The third kappa shape index (κ3) is 4.69. The van der Waals surface area contributed by atoms with Crippen molar-refractivity contribution in [3.63, 3.8) is 0 Å². The smallest absolute Gasteiger partial charge is 0.160 e. The summed E-state index contributed by atoms with van der Waals surface area (Å²) >= 11 is 0. The van der Waals surface area contributed by atoms with Crippen LogP contribution >= 0.6 is 0 Å². The van der Waals surface area contributed by atoms with Gasteiger partial charge in [0.15, 0.2) is 5.82 Å². The van der Waals surface area contributed by atoms with Crippen molar-refractivity contribution in [3.8, 4) is 40.0 Å². The minimum Gasteiger partial charge on any atom is -0.228 e. The fraction of sp³-hybridized carbons (Fsp3) is 0.324. The zero-order valence-electron chi connectivity index (χ0n) is 21.7. The third-order valence-corrected chi connectivity index (χ3v) is 8.49. The van der Waals surface area contributed by atoms with Crippen molar-refractivity contribution < 1.29 is 0 Å². The van der Waals surface area contributed by atoms with Crippen LogP contribution in [0.2, 0.25) is 0 Å². The summed E-state index contributed by atoms with van der Waals surface area (Å²) in [6.07, 6.45) is 6.75. The van der Waals surface area contributed by atoms with Gasteiger partial charge in [-0.2, -0.15) is 5.26 Å². The summed E-state index contributed by atoms with van der Waals surface area (Å²) in [5.74, 6) is 3.15. The quantitative estimate of drug-likeness (QED) is 0.292. The minimum absolute atomic E-state index is 0.326. The minimum atomic E-state index is 0.326. The Hall–Kier alpha value is -3.77. The fourth-order valence-electron chi connectivity index (χ4n) is 7.23. The molecular weight excluding hydrogens is 450 g/mol. The topological polar surface area (TPSA) is 49.6 Å². The molecule has 2 saturated carbocycles. The Kier molecular flexibility index (Phi) is 6.13. The number of hydrogen-bond donors (Lipinski definition) is 0. The molecule has 3 heteroatoms. The predicted octanol–water partition coefficient (Wildman–Crippen LogP) is 8.45. The molecule has 1 heterocycles. The van der Waals surface area contributed by atoms with Crippen LogP contribution in [0.5, 0.6) is 0 Å². The molecule has 0 aliphatic heterocycles. The molecule has 0 amide bonds. The van der Waals surface area contributed by atoms with Gasteiger partial charge < -0.3 is 0 Å². The highest BCUT2D eigenvalue weighted by Crippen LogP contribution is 2.54. The number of nitriles is 1. The Bertz CT molecular complexity index is 1410. The first-order chi connectivity index (χ1) is 18.0. The normalized spacial score (nSPS) is 24.8. The molecule has 3 nitrogen and oxygen atoms in total. The molecule has 4 aromatic rings. The summed E-state index contributed by atoms with van der Waals surface area (Å²) in [4.78, 5) is 9.90. The summed E-state index contributed by atoms with van der Waals surface area (Å²) in [7, 11) is 0. The lowest BCUT2D eigenvalue weighted by Crippen LogP contribution is -2.42. The van der Waals surface area contributed by atoms with Crippen molar-refractivity contribution in [3.05, 3.63) is 96.1 Å². The zero-order valence-corrected chi connectivity index (χ0v) is 21.7. The van der Waals surface area contributed by atoms with Gasteiger partial charge in [0.1, 0.15) is 0 Å². The molecule has 2 aliphatic rings. The maximum Gasteiger partial charge on any atom is 0.160 e. The number of benzene rings is 3. The Morgan fingerprint density at radius 1 is 0.703 bits per heavy atom. The zero-order chi connectivity index (χ0) is 25.4. The highest BCUT2D eigenvalue weighted by molar-refractivity contribution is 5.72. The van der Waals surface area contributed by atoms with Gasteiger partial charge in [-0.15, -0.1) is 0 Å². The lowest BCUT2D eigenvalue weighted by Gasteiger charge is -2.50. The van der Waals surface area contributed by atoms with E-state index in [9.17, 15) is 5.26 Å². The van der Waals surface area contributed by atoms with Crippen molar-refractivity contribution >= 4 is 0 Å². The second-order valence-electron chi connectivity index (χ2n) is 11.5. The van der Waals surface area contributed by atoms with E-state index in [0.717, 1.165) is 45.8 Å². The standard InChI is InChI=1S/C34H33N3/c1-23-16-26-17-24(2)20-34(19-23,21-26)30-14-12-28(13-15-30)32-18-31(27-6-4-3-5-7-27)36-33(37-32)29-10-8-25(22-35)9-11-29/h3-15,18,23-24,26H,16-17,19-21H2,1-2H3/t23-,24+,26-,34?. The van der Waals surface area contributed by atoms with Crippen LogP contribution in [0.25, 0.3) is 33.9 Å². The first-order valence-electron chi connectivity index (χ1n) is 13.6. The van der Waals surface area contributed by atoms with Gasteiger partial charge in [0.05, 0.1) is 23.0 Å². The van der Waals surface area contributed by atoms with Crippen LogP contribution in [0.1, 0.15) is 57.1 Å². The molecule has 184 valence electrons. The maximum absolute atomic E-state index is 9.20. The average Bonchev–Trinajstić information content (AvgIpc) is 2.92. The summed E-state index contributed by atoms with van der Waals surface area (Å²) in [5, 5.41) is 9.20. The Labute approximate surface area is 220 Å². The van der Waals surface area contributed by atoms with Crippen LogP contribution in [-0.2, 0) is 5.41 Å². The highest BCUT2D eigenvalue weighted by Gasteiger charge is 2.45. The first-order valence-corrected chi connectivity index (χ1v) is 13.6. The summed E-state index contributed by atoms with van der Waals surface area (Å²) in [5.41, 5.74) is 7.37. The molecule has 37 heavy (non-hydrogen) atoms. The molecular formula is C34H33N3. The molecule has 2 aliphatic carbocycles. The summed E-state index contributed by atoms with van der Waals surface area (Å²) in [6, 6.07) is 31.3. The lowest BCUT2D eigenvalue weighted by molar-refractivity contribution is 0.0780. The monoisotopic (exact) mass is 483 g/mol. The number of fused-ring (bicyclic) bond motifs is 2. The van der Waals surface area contributed by atoms with Gasteiger partial charge in [0, 0.05) is 16.7 Å². The molecule has 4 atom stereocenters. The summed E-state index contributed by atoms with van der Waals surface area (Å²) < 4.78 is 0. The van der Waals surface area contributed by atoms with E-state index in [1.54, 1.807) is 0 Å². The maximum atomic E-state index is 9.20. The fourth-order valence-corrected chi connectivity index (χ4v) is 7.23. The Balaban J connectivity index is 1.40. The van der Waals surface area contributed by atoms with Crippen molar-refractivity contribution in [2.45, 2.75) is 51.4 Å². The second kappa shape index (κ2) is 9.60. The lowest BCUT2D eigenvalue weighted by atomic mass is 9.54. The average molecular weight is 484 g/mol. The van der Waals surface area contributed by atoms with E-state index >= 15 is 0 Å². The van der Waals surface area contributed by atoms with E-state index in [2.05, 4.69) is 62.4 Å². The van der Waals surface area contributed by atoms with Crippen LogP contribution < -0.4 is 0 Å². The molecule has 2 bridgehead atoms. The SMILES string of the molecule is C[C@@H]1C[C@@H]2C[C@H](C)CC(c3ccc(-c4cc(-c5ccccc5)nc(-c5ccc(C#N)cc5)n4)cc3)(C1)C2. The molecule has 1 unspecified atom stereocenters. The number of hydrogen-bond acceptors (Lipinski definition) is 3. The van der Waals surface area contributed by atoms with E-state index in [0.29, 0.717) is 16.8 Å². The molecule has 1 aromatic heterocycles. The second-order valence-corrected chi connectivity index (χ2v) is 11.5. The van der Waals surface area contributed by atoms with E-state index in [-0.39, 0.29) is 0 Å². The van der Waals surface area contributed by atoms with E-state index < -0.39 is 0 Å². The number of aromatic nitrogens is 2. The van der Waals surface area contributed by atoms with Gasteiger partial charge in [0.2, 0.25) is 0 Å². The van der Waals surface area contributed by atoms with E-state index in [4.69, 9.17) is 9.97 Å². The van der Waals surface area contributed by atoms with E-state index in [1.165, 1.54) is 37.7 Å². The Morgan fingerprint density at radius 2 is 1.27 bits per heavy atom.